The van der Waals surface area contributed by atoms with Crippen LogP contribution in [-0.4, -0.2) is 16.8 Å². The van der Waals surface area contributed by atoms with Crippen molar-refractivity contribution < 1.29 is 9.84 Å². The zero-order valence-electron chi connectivity index (χ0n) is 10.8. The molecule has 1 N–H and O–H groups in total. The Morgan fingerprint density at radius 1 is 1.28 bits per heavy atom. The van der Waals surface area contributed by atoms with Gasteiger partial charge in [0, 0.05) is 0 Å². The first kappa shape index (κ1) is 13.3. The zero-order valence-corrected chi connectivity index (χ0v) is 10.8. The summed E-state index contributed by atoms with van der Waals surface area (Å²) in [4.78, 5) is 0. The predicted molar refractivity (Wildman–Crippen MR) is 73.3 cm³/mol. The number of rotatable bonds is 5. The van der Waals surface area contributed by atoms with Gasteiger partial charge in [0.1, 0.15) is 0 Å². The van der Waals surface area contributed by atoms with E-state index in [0.717, 1.165) is 25.7 Å². The van der Waals surface area contributed by atoms with E-state index in [1.165, 1.54) is 5.56 Å². The Hall–Kier alpha value is -1.12. The quantitative estimate of drug-likeness (QED) is 0.806. The topological polar surface area (TPSA) is 29.5 Å². The standard InChI is InChI=1S/C16H22O2/c1-2-10-16(17)11-8-15(9-12-16)18-13-14-6-4-3-5-7-14/h2-7,15,17H,1,8-13H2. The molecule has 0 atom stereocenters. The van der Waals surface area contributed by atoms with E-state index in [4.69, 9.17) is 4.74 Å². The molecule has 0 saturated heterocycles. The van der Waals surface area contributed by atoms with Gasteiger partial charge >= 0.3 is 0 Å². The molecule has 1 aliphatic rings. The van der Waals surface area contributed by atoms with Crippen molar-refractivity contribution in [2.24, 2.45) is 0 Å². The van der Waals surface area contributed by atoms with Gasteiger partial charge < -0.3 is 9.84 Å². The highest BCUT2D eigenvalue weighted by molar-refractivity contribution is 5.13. The fraction of sp³-hybridized carbons (Fsp3) is 0.500. The summed E-state index contributed by atoms with van der Waals surface area (Å²) in [5.74, 6) is 0. The Morgan fingerprint density at radius 2 is 1.94 bits per heavy atom. The molecule has 1 aromatic carbocycles. The zero-order chi connectivity index (χ0) is 12.8. The second-order valence-electron chi connectivity index (χ2n) is 5.21. The molecule has 0 spiro atoms. The number of hydrogen-bond donors (Lipinski definition) is 1. The highest BCUT2D eigenvalue weighted by Crippen LogP contribution is 2.32. The Kier molecular flexibility index (Phi) is 4.56. The monoisotopic (exact) mass is 246 g/mol. The van der Waals surface area contributed by atoms with Crippen LogP contribution < -0.4 is 0 Å². The van der Waals surface area contributed by atoms with Crippen molar-refractivity contribution >= 4 is 0 Å². The third-order valence-electron chi connectivity index (χ3n) is 3.72. The average Bonchev–Trinajstić information content (AvgIpc) is 2.40. The Labute approximate surface area is 109 Å². The first-order valence-corrected chi connectivity index (χ1v) is 6.71. The molecule has 98 valence electrons. The van der Waals surface area contributed by atoms with E-state index in [1.807, 2.05) is 24.3 Å². The maximum Gasteiger partial charge on any atom is 0.0720 e. The minimum Gasteiger partial charge on any atom is -0.390 e. The minimum absolute atomic E-state index is 0.287. The number of ether oxygens (including phenoxy) is 1. The van der Waals surface area contributed by atoms with Crippen LogP contribution in [0.25, 0.3) is 0 Å². The fourth-order valence-corrected chi connectivity index (χ4v) is 2.56. The fourth-order valence-electron chi connectivity index (χ4n) is 2.56. The van der Waals surface area contributed by atoms with Crippen molar-refractivity contribution in [3.8, 4) is 0 Å². The molecule has 2 rings (SSSR count). The van der Waals surface area contributed by atoms with Crippen molar-refractivity contribution in [1.82, 2.24) is 0 Å². The summed E-state index contributed by atoms with van der Waals surface area (Å²) < 4.78 is 5.90. The van der Waals surface area contributed by atoms with Crippen LogP contribution in [0.15, 0.2) is 43.0 Å². The highest BCUT2D eigenvalue weighted by atomic mass is 16.5. The smallest absolute Gasteiger partial charge is 0.0720 e. The van der Waals surface area contributed by atoms with Crippen molar-refractivity contribution in [2.75, 3.05) is 0 Å². The summed E-state index contributed by atoms with van der Waals surface area (Å²) in [6.45, 7) is 4.38. The van der Waals surface area contributed by atoms with Gasteiger partial charge in [0.25, 0.3) is 0 Å². The number of aliphatic hydroxyl groups is 1. The van der Waals surface area contributed by atoms with Gasteiger partial charge in [0.2, 0.25) is 0 Å². The first-order chi connectivity index (χ1) is 8.72. The Balaban J connectivity index is 1.75. The molecule has 2 heteroatoms. The SMILES string of the molecule is C=CCC1(O)CCC(OCc2ccccc2)CC1. The largest absolute Gasteiger partial charge is 0.390 e. The molecule has 2 nitrogen and oxygen atoms in total. The number of hydrogen-bond acceptors (Lipinski definition) is 2. The van der Waals surface area contributed by atoms with Crippen molar-refractivity contribution in [1.29, 1.82) is 0 Å². The van der Waals surface area contributed by atoms with Gasteiger partial charge in [-0.15, -0.1) is 6.58 Å². The third kappa shape index (κ3) is 3.69. The lowest BCUT2D eigenvalue weighted by Gasteiger charge is -2.35. The van der Waals surface area contributed by atoms with Crippen LogP contribution in [0, 0.1) is 0 Å². The summed E-state index contributed by atoms with van der Waals surface area (Å²) >= 11 is 0. The van der Waals surface area contributed by atoms with Crippen molar-refractivity contribution in [2.45, 2.75) is 50.4 Å². The predicted octanol–water partition coefficient (Wildman–Crippen LogP) is 3.45. The van der Waals surface area contributed by atoms with Gasteiger partial charge in [-0.1, -0.05) is 36.4 Å². The van der Waals surface area contributed by atoms with Crippen LogP contribution in [0.4, 0.5) is 0 Å². The summed E-state index contributed by atoms with van der Waals surface area (Å²) in [6, 6.07) is 10.2. The molecular formula is C16H22O2. The van der Waals surface area contributed by atoms with Crippen LogP contribution in [0.3, 0.4) is 0 Å². The summed E-state index contributed by atoms with van der Waals surface area (Å²) in [5, 5.41) is 10.2. The van der Waals surface area contributed by atoms with Gasteiger partial charge in [0.05, 0.1) is 18.3 Å². The van der Waals surface area contributed by atoms with Crippen molar-refractivity contribution in [3.63, 3.8) is 0 Å². The normalized spacial score (nSPS) is 27.9. The second kappa shape index (κ2) is 6.17. The van der Waals surface area contributed by atoms with E-state index in [2.05, 4.69) is 18.7 Å². The van der Waals surface area contributed by atoms with Gasteiger partial charge in [-0.3, -0.25) is 0 Å². The molecular weight excluding hydrogens is 224 g/mol. The first-order valence-electron chi connectivity index (χ1n) is 6.71. The third-order valence-corrected chi connectivity index (χ3v) is 3.72. The lowest BCUT2D eigenvalue weighted by Crippen LogP contribution is -2.36. The Bertz CT molecular complexity index is 364. The lowest BCUT2D eigenvalue weighted by molar-refractivity contribution is -0.0586. The summed E-state index contributed by atoms with van der Waals surface area (Å²) in [6.07, 6.45) is 6.31. The summed E-state index contributed by atoms with van der Waals surface area (Å²) in [7, 11) is 0. The maximum absolute atomic E-state index is 10.2. The highest BCUT2D eigenvalue weighted by Gasteiger charge is 2.32. The second-order valence-corrected chi connectivity index (χ2v) is 5.21. The minimum atomic E-state index is -0.533. The molecule has 0 aliphatic heterocycles. The van der Waals surface area contributed by atoms with E-state index in [0.29, 0.717) is 13.0 Å². The molecule has 0 bridgehead atoms. The summed E-state index contributed by atoms with van der Waals surface area (Å²) in [5.41, 5.74) is 0.679. The van der Waals surface area contributed by atoms with Crippen LogP contribution in [0.1, 0.15) is 37.7 Å². The molecule has 0 aromatic heterocycles. The lowest BCUT2D eigenvalue weighted by atomic mass is 9.81. The van der Waals surface area contributed by atoms with E-state index in [9.17, 15) is 5.11 Å². The maximum atomic E-state index is 10.2. The van der Waals surface area contributed by atoms with E-state index in [1.54, 1.807) is 0 Å². The Morgan fingerprint density at radius 3 is 2.56 bits per heavy atom. The average molecular weight is 246 g/mol. The molecule has 0 heterocycles. The van der Waals surface area contributed by atoms with Gasteiger partial charge in [-0.05, 0) is 37.7 Å². The van der Waals surface area contributed by atoms with E-state index < -0.39 is 5.60 Å². The van der Waals surface area contributed by atoms with Crippen LogP contribution in [-0.2, 0) is 11.3 Å². The molecule has 0 amide bonds. The van der Waals surface area contributed by atoms with E-state index >= 15 is 0 Å². The van der Waals surface area contributed by atoms with Gasteiger partial charge in [-0.25, -0.2) is 0 Å². The van der Waals surface area contributed by atoms with Gasteiger partial charge in [-0.2, -0.15) is 0 Å². The van der Waals surface area contributed by atoms with Crippen LogP contribution in [0.5, 0.6) is 0 Å². The molecule has 1 aliphatic carbocycles. The van der Waals surface area contributed by atoms with Gasteiger partial charge in [0.15, 0.2) is 0 Å². The van der Waals surface area contributed by atoms with Crippen molar-refractivity contribution in [3.05, 3.63) is 48.6 Å². The van der Waals surface area contributed by atoms with Crippen LogP contribution in [0.2, 0.25) is 0 Å². The molecule has 1 fully saturated rings. The van der Waals surface area contributed by atoms with Crippen LogP contribution >= 0.6 is 0 Å². The number of benzene rings is 1. The molecule has 0 unspecified atom stereocenters. The molecule has 1 saturated carbocycles. The molecule has 18 heavy (non-hydrogen) atoms. The molecule has 0 radical (unpaired) electrons. The van der Waals surface area contributed by atoms with E-state index in [-0.39, 0.29) is 6.10 Å². The molecule has 1 aromatic rings.